The molecule has 2 atom stereocenters. The van der Waals surface area contributed by atoms with Gasteiger partial charge < -0.3 is 15.2 Å². The molecule has 1 amide bonds. The minimum absolute atomic E-state index is 0. The molecule has 1 aromatic carbocycles. The molecule has 2 aromatic rings. The van der Waals surface area contributed by atoms with Crippen LogP contribution >= 0.6 is 28.3 Å². The topological polar surface area (TPSA) is 80.0 Å². The number of hydrogen-bond acceptors (Lipinski definition) is 5. The number of amides is 1. The number of halogens is 2. The number of benzene rings is 1. The van der Waals surface area contributed by atoms with Crippen LogP contribution in [0.1, 0.15) is 42.0 Å². The van der Waals surface area contributed by atoms with Crippen molar-refractivity contribution in [3.8, 4) is 0 Å². The number of hydrogen-bond donors (Lipinski definition) is 2. The molecule has 6 nitrogen and oxygen atoms in total. The largest absolute Gasteiger partial charge is 0.341 e. The summed E-state index contributed by atoms with van der Waals surface area (Å²) in [6.07, 6.45) is 0.674. The zero-order valence-corrected chi connectivity index (χ0v) is 15.6. The van der Waals surface area contributed by atoms with Gasteiger partial charge in [-0.3, -0.25) is 4.79 Å². The summed E-state index contributed by atoms with van der Waals surface area (Å²) in [5, 5.41) is 9.89. The molecule has 126 valence electrons. The normalized spacial score (nSPS) is 13.0. The first-order valence-electron chi connectivity index (χ1n) is 7.05. The van der Waals surface area contributed by atoms with Crippen LogP contribution in [0.5, 0.6) is 0 Å². The lowest BCUT2D eigenvalue weighted by atomic mass is 10.2. The first-order valence-corrected chi connectivity index (χ1v) is 7.85. The van der Waals surface area contributed by atoms with Crippen molar-refractivity contribution in [1.29, 1.82) is 0 Å². The number of carbonyl (C=O) groups is 1. The molecule has 1 aromatic heterocycles. The maximum Gasteiger partial charge on any atom is 0.251 e. The van der Waals surface area contributed by atoms with Crippen LogP contribution < -0.4 is 10.6 Å². The summed E-state index contributed by atoms with van der Waals surface area (Å²) in [7, 11) is 1.88. The van der Waals surface area contributed by atoms with Crippen LogP contribution in [0.3, 0.4) is 0 Å². The second-order valence-electron chi connectivity index (χ2n) is 5.14. The fourth-order valence-electron chi connectivity index (χ4n) is 1.85. The highest BCUT2D eigenvalue weighted by atomic mass is 79.9. The average molecular weight is 404 g/mol. The number of carbonyl (C=O) groups excluding carboxylic acids is 1. The Hall–Kier alpha value is -1.44. The fraction of sp³-hybridized carbons (Fsp3) is 0.400. The lowest BCUT2D eigenvalue weighted by Gasteiger charge is -2.09. The molecule has 23 heavy (non-hydrogen) atoms. The van der Waals surface area contributed by atoms with E-state index in [0.717, 1.165) is 4.47 Å². The second-order valence-corrected chi connectivity index (χ2v) is 6.06. The number of likely N-dealkylation sites (N-methyl/N-ethyl adjacent to an activating group) is 1. The van der Waals surface area contributed by atoms with E-state index in [0.29, 0.717) is 23.7 Å². The number of nitrogens with zero attached hydrogens (tertiary/aromatic N) is 2. The highest BCUT2D eigenvalue weighted by molar-refractivity contribution is 9.10. The smallest absolute Gasteiger partial charge is 0.251 e. The van der Waals surface area contributed by atoms with E-state index in [1.807, 2.05) is 33.0 Å². The molecule has 0 spiro atoms. The summed E-state index contributed by atoms with van der Waals surface area (Å²) in [5.74, 6) is 0.855. The van der Waals surface area contributed by atoms with Crippen LogP contribution in [0.25, 0.3) is 0 Å². The molecule has 0 bridgehead atoms. The first kappa shape index (κ1) is 19.6. The van der Waals surface area contributed by atoms with Crippen LogP contribution in [0.2, 0.25) is 0 Å². The van der Waals surface area contributed by atoms with E-state index in [9.17, 15) is 4.79 Å². The van der Waals surface area contributed by atoms with Gasteiger partial charge >= 0.3 is 0 Å². The molecule has 0 radical (unpaired) electrons. The molecule has 2 unspecified atom stereocenters. The van der Waals surface area contributed by atoms with Gasteiger partial charge in [0.1, 0.15) is 6.04 Å². The van der Waals surface area contributed by atoms with Crippen molar-refractivity contribution in [2.45, 2.75) is 32.4 Å². The van der Waals surface area contributed by atoms with Crippen molar-refractivity contribution in [3.63, 3.8) is 0 Å². The van der Waals surface area contributed by atoms with Crippen molar-refractivity contribution in [1.82, 2.24) is 20.8 Å². The number of nitrogens with one attached hydrogen (secondary N) is 2. The Balaban J connectivity index is 0.00000264. The van der Waals surface area contributed by atoms with Crippen LogP contribution in [0.15, 0.2) is 33.3 Å². The summed E-state index contributed by atoms with van der Waals surface area (Å²) < 4.78 is 6.14. The van der Waals surface area contributed by atoms with Crippen LogP contribution in [0, 0.1) is 0 Å². The molecule has 0 aliphatic rings. The highest BCUT2D eigenvalue weighted by Crippen LogP contribution is 2.14. The third-order valence-electron chi connectivity index (χ3n) is 3.29. The second kappa shape index (κ2) is 9.00. The molecule has 1 heterocycles. The minimum atomic E-state index is -0.345. The standard InChI is InChI=1S/C15H19BrN4O2.ClH/c1-9(17-3)8-13-19-15(22-20-13)10(2)18-14(21)11-4-6-12(16)7-5-11;/h4-7,9-10,17H,8H2,1-3H3,(H,18,21);1H. The van der Waals surface area contributed by atoms with E-state index in [2.05, 4.69) is 36.7 Å². The molecule has 0 aliphatic heterocycles. The van der Waals surface area contributed by atoms with Crippen molar-refractivity contribution in [2.75, 3.05) is 7.05 Å². The summed E-state index contributed by atoms with van der Waals surface area (Å²) >= 11 is 3.34. The van der Waals surface area contributed by atoms with Gasteiger partial charge in [0.25, 0.3) is 5.91 Å². The summed E-state index contributed by atoms with van der Waals surface area (Å²) in [4.78, 5) is 16.5. The van der Waals surface area contributed by atoms with Crippen molar-refractivity contribution >= 4 is 34.2 Å². The molecule has 0 saturated heterocycles. The molecule has 0 saturated carbocycles. The highest BCUT2D eigenvalue weighted by Gasteiger charge is 2.18. The molecule has 2 rings (SSSR count). The number of rotatable bonds is 6. The minimum Gasteiger partial charge on any atom is -0.341 e. The molecular weight excluding hydrogens is 384 g/mol. The Morgan fingerprint density at radius 3 is 2.57 bits per heavy atom. The van der Waals surface area contributed by atoms with E-state index in [4.69, 9.17) is 4.52 Å². The Kier molecular flexibility index (Phi) is 7.67. The van der Waals surface area contributed by atoms with Crippen LogP contribution in [-0.4, -0.2) is 29.1 Å². The maximum atomic E-state index is 12.1. The van der Waals surface area contributed by atoms with Crippen molar-refractivity contribution < 1.29 is 9.32 Å². The predicted octanol–water partition coefficient (Wildman–Crippen LogP) is 2.90. The Morgan fingerprint density at radius 2 is 1.96 bits per heavy atom. The zero-order valence-electron chi connectivity index (χ0n) is 13.2. The maximum absolute atomic E-state index is 12.1. The first-order chi connectivity index (χ1) is 10.5. The zero-order chi connectivity index (χ0) is 16.1. The summed E-state index contributed by atoms with van der Waals surface area (Å²) in [6, 6.07) is 7.06. The molecule has 0 aliphatic carbocycles. The van der Waals surface area contributed by atoms with Gasteiger partial charge in [0.05, 0.1) is 0 Å². The molecule has 0 fully saturated rings. The van der Waals surface area contributed by atoms with Gasteiger partial charge in [0.2, 0.25) is 5.89 Å². The van der Waals surface area contributed by atoms with E-state index in [-0.39, 0.29) is 30.4 Å². The van der Waals surface area contributed by atoms with Gasteiger partial charge in [0.15, 0.2) is 5.82 Å². The Morgan fingerprint density at radius 1 is 1.30 bits per heavy atom. The third kappa shape index (κ3) is 5.60. The van der Waals surface area contributed by atoms with Gasteiger partial charge in [-0.25, -0.2) is 0 Å². The lowest BCUT2D eigenvalue weighted by molar-refractivity contribution is 0.0932. The number of aromatic nitrogens is 2. The fourth-order valence-corrected chi connectivity index (χ4v) is 2.11. The quantitative estimate of drug-likeness (QED) is 0.775. The lowest BCUT2D eigenvalue weighted by Crippen LogP contribution is -2.27. The van der Waals surface area contributed by atoms with E-state index in [1.165, 1.54) is 0 Å². The van der Waals surface area contributed by atoms with Gasteiger partial charge in [-0.15, -0.1) is 12.4 Å². The summed E-state index contributed by atoms with van der Waals surface area (Å²) in [5.41, 5.74) is 0.582. The van der Waals surface area contributed by atoms with E-state index >= 15 is 0 Å². The van der Waals surface area contributed by atoms with Crippen molar-refractivity contribution in [3.05, 3.63) is 46.0 Å². The Labute approximate surface area is 150 Å². The third-order valence-corrected chi connectivity index (χ3v) is 3.82. The van der Waals surface area contributed by atoms with Gasteiger partial charge in [-0.1, -0.05) is 21.1 Å². The predicted molar refractivity (Wildman–Crippen MR) is 93.8 cm³/mol. The summed E-state index contributed by atoms with van der Waals surface area (Å²) in [6.45, 7) is 3.85. The van der Waals surface area contributed by atoms with Crippen LogP contribution in [0.4, 0.5) is 0 Å². The van der Waals surface area contributed by atoms with Crippen molar-refractivity contribution in [2.24, 2.45) is 0 Å². The van der Waals surface area contributed by atoms with Gasteiger partial charge in [-0.2, -0.15) is 4.98 Å². The van der Waals surface area contributed by atoms with Crippen LogP contribution in [-0.2, 0) is 6.42 Å². The SMILES string of the molecule is CNC(C)Cc1noc(C(C)NC(=O)c2ccc(Br)cc2)n1.Cl. The van der Waals surface area contributed by atoms with Gasteiger partial charge in [0, 0.05) is 22.5 Å². The van der Waals surface area contributed by atoms with E-state index in [1.54, 1.807) is 12.1 Å². The molecule has 2 N–H and O–H groups in total. The molecule has 8 heteroatoms. The average Bonchev–Trinajstić information content (AvgIpc) is 2.96. The van der Waals surface area contributed by atoms with Gasteiger partial charge in [-0.05, 0) is 45.2 Å². The Bertz CT molecular complexity index is 633. The molecular formula is C15H20BrClN4O2. The van der Waals surface area contributed by atoms with E-state index < -0.39 is 0 Å². The monoisotopic (exact) mass is 402 g/mol.